The van der Waals surface area contributed by atoms with Crippen LogP contribution in [0.2, 0.25) is 0 Å². The van der Waals surface area contributed by atoms with Crippen LogP contribution in [0.3, 0.4) is 0 Å². The Morgan fingerprint density at radius 1 is 1.47 bits per heavy atom. The normalized spacial score (nSPS) is 20.6. The van der Waals surface area contributed by atoms with Crippen LogP contribution in [0.25, 0.3) is 10.7 Å². The van der Waals surface area contributed by atoms with Gasteiger partial charge in [0, 0.05) is 43.8 Å². The predicted molar refractivity (Wildman–Crippen MR) is 78.1 cm³/mol. The average molecular weight is 274 g/mol. The molecule has 0 radical (unpaired) electrons. The maximum absolute atomic E-state index is 4.69. The van der Waals surface area contributed by atoms with Crippen LogP contribution < -0.4 is 5.32 Å². The monoisotopic (exact) mass is 274 g/mol. The highest BCUT2D eigenvalue weighted by Crippen LogP contribution is 2.22. The number of thiazole rings is 1. The quantitative estimate of drug-likeness (QED) is 0.929. The Balaban J connectivity index is 1.68. The van der Waals surface area contributed by atoms with Gasteiger partial charge in [0.05, 0.1) is 11.4 Å². The third-order valence-electron chi connectivity index (χ3n) is 3.27. The van der Waals surface area contributed by atoms with E-state index in [0.29, 0.717) is 6.04 Å². The van der Waals surface area contributed by atoms with Gasteiger partial charge in [-0.15, -0.1) is 11.3 Å². The Kier molecular flexibility index (Phi) is 3.87. The van der Waals surface area contributed by atoms with Crippen molar-refractivity contribution >= 4 is 11.3 Å². The minimum absolute atomic E-state index is 0.572. The molecule has 0 amide bonds. The average Bonchev–Trinajstić information content (AvgIpc) is 2.88. The van der Waals surface area contributed by atoms with Crippen LogP contribution in [-0.2, 0) is 6.54 Å². The van der Waals surface area contributed by atoms with Gasteiger partial charge >= 0.3 is 0 Å². The van der Waals surface area contributed by atoms with Gasteiger partial charge in [0.25, 0.3) is 0 Å². The van der Waals surface area contributed by atoms with E-state index in [1.165, 1.54) is 0 Å². The molecular formula is C14H18N4S. The van der Waals surface area contributed by atoms with Gasteiger partial charge in [-0.3, -0.25) is 9.88 Å². The molecule has 2 aromatic heterocycles. The molecule has 19 heavy (non-hydrogen) atoms. The van der Waals surface area contributed by atoms with Crippen LogP contribution in [0.1, 0.15) is 12.6 Å². The number of piperazine rings is 1. The molecule has 1 fully saturated rings. The second kappa shape index (κ2) is 5.77. The van der Waals surface area contributed by atoms with E-state index in [1.807, 2.05) is 24.4 Å². The summed E-state index contributed by atoms with van der Waals surface area (Å²) >= 11 is 1.68. The molecule has 3 heterocycles. The Morgan fingerprint density at radius 2 is 2.42 bits per heavy atom. The maximum atomic E-state index is 4.69. The summed E-state index contributed by atoms with van der Waals surface area (Å²) in [5.74, 6) is 0. The van der Waals surface area contributed by atoms with E-state index in [2.05, 4.69) is 27.5 Å². The predicted octanol–water partition coefficient (Wildman–Crippen LogP) is 2.00. The summed E-state index contributed by atoms with van der Waals surface area (Å²) in [6.45, 7) is 6.43. The highest BCUT2D eigenvalue weighted by atomic mass is 32.1. The Hall–Kier alpha value is -1.30. The molecule has 3 rings (SSSR count). The lowest BCUT2D eigenvalue weighted by molar-refractivity contribution is 0.198. The Morgan fingerprint density at radius 3 is 3.21 bits per heavy atom. The zero-order valence-corrected chi connectivity index (χ0v) is 11.9. The molecule has 100 valence electrons. The van der Waals surface area contributed by atoms with E-state index >= 15 is 0 Å². The Bertz CT molecular complexity index is 525. The van der Waals surface area contributed by atoms with Crippen molar-refractivity contribution < 1.29 is 0 Å². The number of rotatable bonds is 3. The second-order valence-electron chi connectivity index (χ2n) is 4.95. The molecule has 2 aromatic rings. The summed E-state index contributed by atoms with van der Waals surface area (Å²) in [6, 6.07) is 6.51. The minimum atomic E-state index is 0.572. The van der Waals surface area contributed by atoms with Crippen LogP contribution in [0, 0.1) is 0 Å². The molecule has 1 unspecified atom stereocenters. The molecule has 5 heteroatoms. The third-order valence-corrected chi connectivity index (χ3v) is 4.19. The van der Waals surface area contributed by atoms with Gasteiger partial charge in [0.15, 0.2) is 0 Å². The van der Waals surface area contributed by atoms with Crippen LogP contribution in [0.4, 0.5) is 0 Å². The molecular weight excluding hydrogens is 256 g/mol. The van der Waals surface area contributed by atoms with Gasteiger partial charge in [0.2, 0.25) is 0 Å². The van der Waals surface area contributed by atoms with Gasteiger partial charge in [-0.05, 0) is 19.1 Å². The molecule has 0 aliphatic carbocycles. The summed E-state index contributed by atoms with van der Waals surface area (Å²) in [4.78, 5) is 11.5. The number of hydrogen-bond donors (Lipinski definition) is 1. The van der Waals surface area contributed by atoms with Gasteiger partial charge in [-0.2, -0.15) is 0 Å². The first-order valence-corrected chi connectivity index (χ1v) is 7.51. The topological polar surface area (TPSA) is 41.1 Å². The van der Waals surface area contributed by atoms with Crippen LogP contribution in [0.5, 0.6) is 0 Å². The van der Waals surface area contributed by atoms with Crippen molar-refractivity contribution in [3.63, 3.8) is 0 Å². The standard InChI is InChI=1S/C14H18N4S/c1-11-8-18(7-6-15-11)9-12-10-19-14(17-12)13-4-2-3-5-16-13/h2-5,10-11,15H,6-9H2,1H3. The van der Waals surface area contributed by atoms with Gasteiger partial charge in [-0.25, -0.2) is 4.98 Å². The van der Waals surface area contributed by atoms with Crippen molar-refractivity contribution in [2.24, 2.45) is 0 Å². The highest BCUT2D eigenvalue weighted by molar-refractivity contribution is 7.13. The zero-order chi connectivity index (χ0) is 13.1. The van der Waals surface area contributed by atoms with Crippen LogP contribution in [-0.4, -0.2) is 40.5 Å². The molecule has 1 aliphatic heterocycles. The van der Waals surface area contributed by atoms with Crippen molar-refractivity contribution in [1.29, 1.82) is 0 Å². The third kappa shape index (κ3) is 3.18. The largest absolute Gasteiger partial charge is 0.312 e. The molecule has 0 aromatic carbocycles. The molecule has 1 saturated heterocycles. The SMILES string of the molecule is CC1CN(Cc2csc(-c3ccccn3)n2)CCN1. The summed E-state index contributed by atoms with van der Waals surface area (Å²) in [5, 5.41) is 6.62. The van der Waals surface area contributed by atoms with E-state index in [4.69, 9.17) is 4.98 Å². The maximum Gasteiger partial charge on any atom is 0.142 e. The number of nitrogens with zero attached hydrogens (tertiary/aromatic N) is 3. The summed E-state index contributed by atoms with van der Waals surface area (Å²) in [6.07, 6.45) is 1.81. The van der Waals surface area contributed by atoms with Crippen molar-refractivity contribution in [3.05, 3.63) is 35.5 Å². The number of nitrogens with one attached hydrogen (secondary N) is 1. The van der Waals surface area contributed by atoms with Crippen LogP contribution >= 0.6 is 11.3 Å². The lowest BCUT2D eigenvalue weighted by Gasteiger charge is -2.31. The summed E-state index contributed by atoms with van der Waals surface area (Å²) in [5.41, 5.74) is 2.12. The fraction of sp³-hybridized carbons (Fsp3) is 0.429. The van der Waals surface area contributed by atoms with Crippen molar-refractivity contribution in [1.82, 2.24) is 20.2 Å². The molecule has 1 atom stereocenters. The molecule has 1 N–H and O–H groups in total. The van der Waals surface area contributed by atoms with E-state index in [9.17, 15) is 0 Å². The van der Waals surface area contributed by atoms with Crippen LogP contribution in [0.15, 0.2) is 29.8 Å². The fourth-order valence-electron chi connectivity index (χ4n) is 2.37. The minimum Gasteiger partial charge on any atom is -0.312 e. The summed E-state index contributed by atoms with van der Waals surface area (Å²) < 4.78 is 0. The van der Waals surface area contributed by atoms with E-state index in [0.717, 1.165) is 42.6 Å². The summed E-state index contributed by atoms with van der Waals surface area (Å²) in [7, 11) is 0. The van der Waals surface area contributed by atoms with Crippen molar-refractivity contribution in [3.8, 4) is 10.7 Å². The Labute approximate surface area is 117 Å². The number of aromatic nitrogens is 2. The van der Waals surface area contributed by atoms with E-state index in [-0.39, 0.29) is 0 Å². The molecule has 4 nitrogen and oxygen atoms in total. The first-order valence-electron chi connectivity index (χ1n) is 6.63. The number of hydrogen-bond acceptors (Lipinski definition) is 5. The molecule has 0 spiro atoms. The van der Waals surface area contributed by atoms with E-state index in [1.54, 1.807) is 11.3 Å². The van der Waals surface area contributed by atoms with Crippen molar-refractivity contribution in [2.45, 2.75) is 19.5 Å². The molecule has 0 saturated carbocycles. The first kappa shape index (κ1) is 12.7. The fourth-order valence-corrected chi connectivity index (χ4v) is 3.16. The zero-order valence-electron chi connectivity index (χ0n) is 11.0. The highest BCUT2D eigenvalue weighted by Gasteiger charge is 2.16. The second-order valence-corrected chi connectivity index (χ2v) is 5.81. The smallest absolute Gasteiger partial charge is 0.142 e. The lowest BCUT2D eigenvalue weighted by Crippen LogP contribution is -2.48. The van der Waals surface area contributed by atoms with Gasteiger partial charge in [-0.1, -0.05) is 6.07 Å². The van der Waals surface area contributed by atoms with Crippen molar-refractivity contribution in [2.75, 3.05) is 19.6 Å². The van der Waals surface area contributed by atoms with Gasteiger partial charge in [0.1, 0.15) is 5.01 Å². The molecule has 1 aliphatic rings. The first-order chi connectivity index (χ1) is 9.31. The van der Waals surface area contributed by atoms with E-state index < -0.39 is 0 Å². The lowest BCUT2D eigenvalue weighted by atomic mass is 10.2. The number of pyridine rings is 1. The molecule has 0 bridgehead atoms. The van der Waals surface area contributed by atoms with Gasteiger partial charge < -0.3 is 5.32 Å².